The van der Waals surface area contributed by atoms with Crippen LogP contribution in [-0.2, 0) is 16.4 Å². The molecular weight excluding hydrogens is 246 g/mol. The SMILES string of the molecule is O=P(O)(O)O.[Li][c]1ccc(CC)cc1C(C)(C)C. The predicted molar refractivity (Wildman–Crippen MR) is 74.2 cm³/mol. The van der Waals surface area contributed by atoms with E-state index in [9.17, 15) is 0 Å². The standard InChI is InChI=1S/C12H17.Li.H3O4P/c1-5-10-7-6-8-11(9-10)12(2,3)4;;1-5(2,3)4/h6-7,9H,5H2,1-4H3;;(H3,1,2,3,4). The van der Waals surface area contributed by atoms with Crippen molar-refractivity contribution in [3.63, 3.8) is 0 Å². The first-order chi connectivity index (χ1) is 7.95. The topological polar surface area (TPSA) is 77.8 Å². The monoisotopic (exact) mass is 266 g/mol. The van der Waals surface area contributed by atoms with Crippen LogP contribution in [0, 0.1) is 0 Å². The summed E-state index contributed by atoms with van der Waals surface area (Å²) in [4.78, 5) is 21.6. The van der Waals surface area contributed by atoms with Crippen molar-refractivity contribution in [3.8, 4) is 0 Å². The van der Waals surface area contributed by atoms with E-state index in [0.29, 0.717) is 0 Å². The summed E-state index contributed by atoms with van der Waals surface area (Å²) in [6, 6.07) is 6.80. The van der Waals surface area contributed by atoms with Gasteiger partial charge in [-0.25, -0.2) is 4.57 Å². The molecule has 0 bridgehead atoms. The van der Waals surface area contributed by atoms with Crippen molar-refractivity contribution in [2.45, 2.75) is 39.5 Å². The van der Waals surface area contributed by atoms with Gasteiger partial charge in [-0.2, -0.15) is 0 Å². The maximum atomic E-state index is 8.88. The van der Waals surface area contributed by atoms with Crippen molar-refractivity contribution >= 4 is 29.8 Å². The summed E-state index contributed by atoms with van der Waals surface area (Å²) >= 11 is 2.19. The Morgan fingerprint density at radius 2 is 1.67 bits per heavy atom. The number of phosphoric acid groups is 1. The van der Waals surface area contributed by atoms with Crippen molar-refractivity contribution in [1.82, 2.24) is 0 Å². The van der Waals surface area contributed by atoms with E-state index < -0.39 is 7.82 Å². The molecule has 3 N–H and O–H groups in total. The molecule has 1 aromatic rings. The van der Waals surface area contributed by atoms with E-state index >= 15 is 0 Å². The van der Waals surface area contributed by atoms with Crippen LogP contribution in [0.1, 0.15) is 38.8 Å². The van der Waals surface area contributed by atoms with Gasteiger partial charge >= 0.3 is 98.6 Å². The molecular formula is C12H20LiO4P. The predicted octanol–water partition coefficient (Wildman–Crippen LogP) is 1.41. The van der Waals surface area contributed by atoms with E-state index in [1.54, 1.807) is 0 Å². The van der Waals surface area contributed by atoms with Gasteiger partial charge in [-0.05, 0) is 0 Å². The molecule has 6 heteroatoms. The van der Waals surface area contributed by atoms with Gasteiger partial charge in [0.25, 0.3) is 0 Å². The first-order valence-electron chi connectivity index (χ1n) is 5.83. The van der Waals surface area contributed by atoms with Gasteiger partial charge in [0.05, 0.1) is 0 Å². The van der Waals surface area contributed by atoms with Crippen LogP contribution in [0.5, 0.6) is 0 Å². The van der Waals surface area contributed by atoms with Crippen molar-refractivity contribution in [1.29, 1.82) is 0 Å². The molecule has 0 radical (unpaired) electrons. The van der Waals surface area contributed by atoms with Gasteiger partial charge in [0.1, 0.15) is 0 Å². The second-order valence-corrected chi connectivity index (χ2v) is 6.29. The molecule has 18 heavy (non-hydrogen) atoms. The molecule has 0 unspecified atom stereocenters. The number of hydrogen-bond donors (Lipinski definition) is 3. The molecule has 0 spiro atoms. The molecule has 0 aromatic heterocycles. The van der Waals surface area contributed by atoms with Gasteiger partial charge in [-0.1, -0.05) is 0 Å². The number of benzene rings is 1. The molecule has 0 amide bonds. The fourth-order valence-electron chi connectivity index (χ4n) is 1.70. The zero-order valence-corrected chi connectivity index (χ0v) is 12.5. The molecule has 0 saturated heterocycles. The molecule has 0 aliphatic heterocycles. The quantitative estimate of drug-likeness (QED) is 0.530. The van der Waals surface area contributed by atoms with Crippen molar-refractivity contribution in [2.75, 3.05) is 0 Å². The van der Waals surface area contributed by atoms with Crippen LogP contribution in [0.2, 0.25) is 0 Å². The van der Waals surface area contributed by atoms with Crippen molar-refractivity contribution in [2.24, 2.45) is 0 Å². The summed E-state index contributed by atoms with van der Waals surface area (Å²) in [6.07, 6.45) is 1.13. The Balaban J connectivity index is 0.000000494. The normalized spacial score (nSPS) is 11.8. The van der Waals surface area contributed by atoms with Crippen LogP contribution in [0.15, 0.2) is 18.2 Å². The number of hydrogen-bond acceptors (Lipinski definition) is 1. The van der Waals surface area contributed by atoms with E-state index in [0.717, 1.165) is 6.42 Å². The van der Waals surface area contributed by atoms with E-state index in [4.69, 9.17) is 19.2 Å². The minimum absolute atomic E-state index is 0.273. The van der Waals surface area contributed by atoms with Crippen LogP contribution in [0.4, 0.5) is 0 Å². The molecule has 0 fully saturated rings. The molecule has 0 heterocycles. The Hall–Kier alpha value is -0.0726. The molecule has 0 aliphatic carbocycles. The fourth-order valence-corrected chi connectivity index (χ4v) is 1.70. The zero-order valence-electron chi connectivity index (χ0n) is 11.6. The number of rotatable bonds is 1. The third-order valence-electron chi connectivity index (χ3n) is 2.52. The Bertz CT molecular complexity index is 426. The molecule has 1 rings (SSSR count). The Morgan fingerprint density at radius 1 is 1.22 bits per heavy atom. The molecule has 4 nitrogen and oxygen atoms in total. The third kappa shape index (κ3) is 8.10. The second-order valence-electron chi connectivity index (χ2n) is 5.27. The molecule has 0 saturated carbocycles. The second kappa shape index (κ2) is 6.91. The van der Waals surface area contributed by atoms with Gasteiger partial charge in [0.15, 0.2) is 0 Å². The molecule has 98 valence electrons. The fraction of sp³-hybridized carbons (Fsp3) is 0.500. The van der Waals surface area contributed by atoms with Gasteiger partial charge in [0.2, 0.25) is 0 Å². The number of aryl methyl sites for hydroxylation is 1. The van der Waals surface area contributed by atoms with E-state index in [2.05, 4.69) is 63.6 Å². The average Bonchev–Trinajstić information content (AvgIpc) is 2.14. The first-order valence-corrected chi connectivity index (χ1v) is 7.40. The Labute approximate surface area is 118 Å². The summed E-state index contributed by atoms with van der Waals surface area (Å²) in [5, 5.41) is 0. The maximum absolute atomic E-state index is 8.88. The van der Waals surface area contributed by atoms with E-state index in [1.807, 2.05) is 0 Å². The van der Waals surface area contributed by atoms with Gasteiger partial charge in [0, 0.05) is 0 Å². The molecule has 0 atom stereocenters. The van der Waals surface area contributed by atoms with Crippen LogP contribution in [-0.4, -0.2) is 32.4 Å². The van der Waals surface area contributed by atoms with E-state index in [-0.39, 0.29) is 5.41 Å². The summed E-state index contributed by atoms with van der Waals surface area (Å²) < 4.78 is 10.3. The summed E-state index contributed by atoms with van der Waals surface area (Å²) in [7, 11) is -4.64. The summed E-state index contributed by atoms with van der Waals surface area (Å²) in [6.45, 7) is 9.02. The zero-order chi connectivity index (χ0) is 14.6. The van der Waals surface area contributed by atoms with Gasteiger partial charge < -0.3 is 14.7 Å². The summed E-state index contributed by atoms with van der Waals surface area (Å²) in [5.74, 6) is 0. The first kappa shape index (κ1) is 17.9. The van der Waals surface area contributed by atoms with Crippen molar-refractivity contribution in [3.05, 3.63) is 29.3 Å². The molecule has 1 aromatic carbocycles. The van der Waals surface area contributed by atoms with Gasteiger partial charge in [-0.15, -0.1) is 0 Å². The van der Waals surface area contributed by atoms with Crippen LogP contribution < -0.4 is 4.24 Å². The van der Waals surface area contributed by atoms with Gasteiger partial charge in [-0.3, -0.25) is 0 Å². The third-order valence-corrected chi connectivity index (χ3v) is 2.52. The van der Waals surface area contributed by atoms with Crippen LogP contribution >= 0.6 is 7.82 Å². The van der Waals surface area contributed by atoms with Crippen LogP contribution in [0.3, 0.4) is 0 Å². The van der Waals surface area contributed by atoms with E-state index in [1.165, 1.54) is 15.4 Å². The average molecular weight is 266 g/mol. The van der Waals surface area contributed by atoms with Crippen molar-refractivity contribution < 1.29 is 19.2 Å². The van der Waals surface area contributed by atoms with Crippen LogP contribution in [0.25, 0.3) is 0 Å². The minimum atomic E-state index is -4.64. The Morgan fingerprint density at radius 3 is 2.00 bits per heavy atom. The summed E-state index contributed by atoms with van der Waals surface area (Å²) in [5.41, 5.74) is 3.19. The Kier molecular flexibility index (Phi) is 6.88. The molecule has 0 aliphatic rings.